The zero-order valence-electron chi connectivity index (χ0n) is 16.7. The summed E-state index contributed by atoms with van der Waals surface area (Å²) in [6.07, 6.45) is 5.47. The number of hydrogen-bond donors (Lipinski definition) is 3. The van der Waals surface area contributed by atoms with Crippen molar-refractivity contribution in [1.29, 1.82) is 0 Å². The number of hydrogen-bond acceptors (Lipinski definition) is 4. The predicted molar refractivity (Wildman–Crippen MR) is 107 cm³/mol. The van der Waals surface area contributed by atoms with Crippen LogP contribution in [0.15, 0.2) is 24.4 Å². The van der Waals surface area contributed by atoms with Crippen LogP contribution < -0.4 is 10.6 Å². The summed E-state index contributed by atoms with van der Waals surface area (Å²) in [5.41, 5.74) is -0.645. The Balaban J connectivity index is 0. The summed E-state index contributed by atoms with van der Waals surface area (Å²) in [4.78, 5) is 22.2. The maximum absolute atomic E-state index is 13.3. The van der Waals surface area contributed by atoms with Gasteiger partial charge in [0.05, 0.1) is 11.9 Å². The molecular weight excluding hydrogens is 370 g/mol. The quantitative estimate of drug-likeness (QED) is 0.644. The molecule has 0 atom stereocenters. The van der Waals surface area contributed by atoms with Crippen molar-refractivity contribution in [2.24, 2.45) is 0 Å². The maximum Gasteiger partial charge on any atom is 0.261 e. The lowest BCUT2D eigenvalue weighted by Crippen LogP contribution is -2.16. The van der Waals surface area contributed by atoms with E-state index in [1.807, 2.05) is 7.05 Å². The van der Waals surface area contributed by atoms with Gasteiger partial charge >= 0.3 is 0 Å². The van der Waals surface area contributed by atoms with Crippen molar-refractivity contribution < 1.29 is 23.8 Å². The van der Waals surface area contributed by atoms with Gasteiger partial charge in [0.15, 0.2) is 6.29 Å². The van der Waals surface area contributed by atoms with E-state index < -0.39 is 23.1 Å². The lowest BCUT2D eigenvalue weighted by Gasteiger charge is -2.05. The van der Waals surface area contributed by atoms with Crippen LogP contribution in [0.5, 0.6) is 0 Å². The van der Waals surface area contributed by atoms with Crippen LogP contribution in [0.1, 0.15) is 60.9 Å². The molecular formula is C19H30F2N4O3. The first-order valence-corrected chi connectivity index (χ1v) is 8.85. The monoisotopic (exact) mass is 400 g/mol. The largest absolute Gasteiger partial charge is 0.412 e. The SMILES string of the molecule is CCCC.CCCNC.O.O=Cc1[nH]ncc1NC(=O)c1c(F)cccc1F. The van der Waals surface area contributed by atoms with E-state index in [0.29, 0.717) is 6.29 Å². The molecule has 0 fully saturated rings. The lowest BCUT2D eigenvalue weighted by molar-refractivity contribution is 0.101. The number of aromatic nitrogens is 2. The minimum absolute atomic E-state index is 0. The Hall–Kier alpha value is -2.65. The molecule has 0 saturated carbocycles. The fraction of sp³-hybridized carbons (Fsp3) is 0.421. The topological polar surface area (TPSA) is 118 Å². The summed E-state index contributed by atoms with van der Waals surface area (Å²) < 4.78 is 26.6. The molecule has 9 heteroatoms. The van der Waals surface area contributed by atoms with Crippen LogP contribution >= 0.6 is 0 Å². The van der Waals surface area contributed by atoms with Gasteiger partial charge in [-0.05, 0) is 32.1 Å². The van der Waals surface area contributed by atoms with E-state index in [9.17, 15) is 18.4 Å². The molecule has 0 aliphatic carbocycles. The van der Waals surface area contributed by atoms with Gasteiger partial charge < -0.3 is 16.1 Å². The molecule has 28 heavy (non-hydrogen) atoms. The molecule has 0 aliphatic rings. The molecule has 158 valence electrons. The normalized spacial score (nSPS) is 9.07. The summed E-state index contributed by atoms with van der Waals surface area (Å²) in [7, 11) is 1.96. The first-order valence-electron chi connectivity index (χ1n) is 8.85. The van der Waals surface area contributed by atoms with Gasteiger partial charge in [0, 0.05) is 0 Å². The first kappa shape index (κ1) is 27.6. The van der Waals surface area contributed by atoms with E-state index in [1.54, 1.807) is 0 Å². The van der Waals surface area contributed by atoms with Crippen LogP contribution in [0.25, 0.3) is 0 Å². The van der Waals surface area contributed by atoms with E-state index >= 15 is 0 Å². The number of anilines is 1. The summed E-state index contributed by atoms with van der Waals surface area (Å²) >= 11 is 0. The van der Waals surface area contributed by atoms with Crippen molar-refractivity contribution in [3.05, 3.63) is 47.3 Å². The Kier molecular flexibility index (Phi) is 16.3. The van der Waals surface area contributed by atoms with Gasteiger partial charge in [0.2, 0.25) is 0 Å². The molecule has 0 bridgehead atoms. The van der Waals surface area contributed by atoms with Crippen LogP contribution in [-0.2, 0) is 0 Å². The van der Waals surface area contributed by atoms with Gasteiger partial charge in [0.25, 0.3) is 5.91 Å². The average Bonchev–Trinajstić information content (AvgIpc) is 3.10. The molecule has 1 heterocycles. The third-order valence-electron chi connectivity index (χ3n) is 3.22. The summed E-state index contributed by atoms with van der Waals surface area (Å²) in [6, 6.07) is 3.08. The van der Waals surface area contributed by atoms with Crippen LogP contribution in [0.3, 0.4) is 0 Å². The van der Waals surface area contributed by atoms with Crippen molar-refractivity contribution in [2.45, 2.75) is 40.0 Å². The number of nitrogens with one attached hydrogen (secondary N) is 3. The molecule has 1 aromatic heterocycles. The highest BCUT2D eigenvalue weighted by Gasteiger charge is 2.18. The van der Waals surface area contributed by atoms with Gasteiger partial charge in [-0.15, -0.1) is 0 Å². The minimum Gasteiger partial charge on any atom is -0.412 e. The second kappa shape index (κ2) is 16.5. The highest BCUT2D eigenvalue weighted by molar-refractivity contribution is 6.06. The van der Waals surface area contributed by atoms with Crippen molar-refractivity contribution in [3.8, 4) is 0 Å². The van der Waals surface area contributed by atoms with E-state index in [2.05, 4.69) is 41.6 Å². The number of carbonyl (C=O) groups is 2. The van der Waals surface area contributed by atoms with Crippen LogP contribution in [0.2, 0.25) is 0 Å². The van der Waals surface area contributed by atoms with Crippen LogP contribution in [0, 0.1) is 11.6 Å². The Morgan fingerprint density at radius 3 is 2.11 bits per heavy atom. The Bertz CT molecular complexity index is 669. The smallest absolute Gasteiger partial charge is 0.261 e. The standard InChI is InChI=1S/C11H7F2N3O2.C4H11N.C4H10.H2O/c12-6-2-1-3-7(13)10(6)11(18)15-8-4-14-16-9(8)5-17;1-3-4-5-2;1-3-4-2;/h1-5H,(H,14,16)(H,15,18);5H,3-4H2,1-2H3;3-4H2,1-2H3;1H2. The van der Waals surface area contributed by atoms with Crippen LogP contribution in [-0.4, -0.2) is 41.5 Å². The number of benzene rings is 1. The average molecular weight is 400 g/mol. The van der Waals surface area contributed by atoms with E-state index in [4.69, 9.17) is 0 Å². The Labute approximate surface area is 164 Å². The number of aromatic amines is 1. The van der Waals surface area contributed by atoms with Crippen molar-refractivity contribution >= 4 is 17.9 Å². The van der Waals surface area contributed by atoms with E-state index in [-0.39, 0.29) is 16.9 Å². The second-order valence-electron chi connectivity index (χ2n) is 5.47. The molecule has 1 aromatic carbocycles. The fourth-order valence-corrected chi connectivity index (χ4v) is 1.64. The molecule has 2 rings (SSSR count). The Morgan fingerprint density at radius 2 is 1.71 bits per heavy atom. The molecule has 0 aliphatic heterocycles. The van der Waals surface area contributed by atoms with Gasteiger partial charge in [0.1, 0.15) is 22.9 Å². The number of H-pyrrole nitrogens is 1. The lowest BCUT2D eigenvalue weighted by atomic mass is 10.2. The second-order valence-corrected chi connectivity index (χ2v) is 5.47. The highest BCUT2D eigenvalue weighted by atomic mass is 19.1. The number of rotatable bonds is 6. The predicted octanol–water partition coefficient (Wildman–Crippen LogP) is 3.35. The number of carbonyl (C=O) groups excluding carboxylic acids is 2. The van der Waals surface area contributed by atoms with Gasteiger partial charge in [-0.25, -0.2) is 8.78 Å². The summed E-state index contributed by atoms with van der Waals surface area (Å²) in [5, 5.41) is 11.1. The van der Waals surface area contributed by atoms with Gasteiger partial charge in [-0.3, -0.25) is 14.7 Å². The number of halogens is 2. The molecule has 0 saturated heterocycles. The van der Waals surface area contributed by atoms with Gasteiger partial charge in [-0.1, -0.05) is 39.7 Å². The maximum atomic E-state index is 13.3. The molecule has 0 unspecified atom stereocenters. The molecule has 0 spiro atoms. The van der Waals surface area contributed by atoms with Crippen molar-refractivity contribution in [3.63, 3.8) is 0 Å². The zero-order valence-corrected chi connectivity index (χ0v) is 16.7. The third kappa shape index (κ3) is 9.89. The number of nitrogens with zero attached hydrogens (tertiary/aromatic N) is 1. The third-order valence-corrected chi connectivity index (χ3v) is 3.22. The van der Waals surface area contributed by atoms with E-state index in [1.165, 1.54) is 25.5 Å². The summed E-state index contributed by atoms with van der Waals surface area (Å²) in [6.45, 7) is 7.65. The molecule has 1 amide bonds. The van der Waals surface area contributed by atoms with Crippen molar-refractivity contribution in [2.75, 3.05) is 18.9 Å². The molecule has 7 nitrogen and oxygen atoms in total. The minimum atomic E-state index is -0.991. The number of aldehydes is 1. The number of unbranched alkanes of at least 4 members (excludes halogenated alkanes) is 1. The molecule has 5 N–H and O–H groups in total. The van der Waals surface area contributed by atoms with Gasteiger partial charge in [-0.2, -0.15) is 5.10 Å². The first-order chi connectivity index (χ1) is 13.0. The summed E-state index contributed by atoms with van der Waals surface area (Å²) in [5.74, 6) is -2.96. The fourth-order valence-electron chi connectivity index (χ4n) is 1.64. The van der Waals surface area contributed by atoms with Crippen LogP contribution in [0.4, 0.5) is 14.5 Å². The Morgan fingerprint density at radius 1 is 1.14 bits per heavy atom. The van der Waals surface area contributed by atoms with E-state index in [0.717, 1.165) is 24.7 Å². The zero-order chi connectivity index (χ0) is 20.7. The number of amides is 1. The molecule has 2 aromatic rings. The van der Waals surface area contributed by atoms with Crippen molar-refractivity contribution in [1.82, 2.24) is 15.5 Å². The molecule has 0 radical (unpaired) electrons. The highest BCUT2D eigenvalue weighted by Crippen LogP contribution is 2.16.